The normalized spacial score (nSPS) is 23.7. The lowest BCUT2D eigenvalue weighted by Crippen LogP contribution is -2.02. The van der Waals surface area contributed by atoms with Crippen LogP contribution in [0.1, 0.15) is 19.8 Å². The van der Waals surface area contributed by atoms with Crippen molar-refractivity contribution >= 4 is 5.71 Å². The van der Waals surface area contributed by atoms with Crippen LogP contribution in [0.3, 0.4) is 0 Å². The highest BCUT2D eigenvalue weighted by Crippen LogP contribution is 2.12. The van der Waals surface area contributed by atoms with Crippen LogP contribution in [0.5, 0.6) is 0 Å². The maximum Gasteiger partial charge on any atom is 0.0558 e. The molecule has 0 fully saturated rings. The minimum absolute atomic E-state index is 0.260. The summed E-state index contributed by atoms with van der Waals surface area (Å²) in [6, 6.07) is 0.260. The van der Waals surface area contributed by atoms with E-state index >= 15 is 0 Å². The molecule has 1 aliphatic rings. The van der Waals surface area contributed by atoms with Gasteiger partial charge in [0.25, 0.3) is 0 Å². The predicted octanol–water partition coefficient (Wildman–Crippen LogP) is 1.92. The average Bonchev–Trinajstić information content (AvgIpc) is 2.31. The first-order valence-electron chi connectivity index (χ1n) is 3.37. The van der Waals surface area contributed by atoms with E-state index in [4.69, 9.17) is 5.53 Å². The number of nitrogens with zero attached hydrogens (tertiary/aromatic N) is 4. The van der Waals surface area contributed by atoms with Gasteiger partial charge < -0.3 is 0 Å². The molecule has 0 aromatic carbocycles. The summed E-state index contributed by atoms with van der Waals surface area (Å²) < 4.78 is 0. The van der Waals surface area contributed by atoms with E-state index < -0.39 is 0 Å². The van der Waals surface area contributed by atoms with Gasteiger partial charge in [-0.1, -0.05) is 5.11 Å². The molecule has 0 spiro atoms. The van der Waals surface area contributed by atoms with Crippen LogP contribution >= 0.6 is 0 Å². The molecule has 1 atom stereocenters. The van der Waals surface area contributed by atoms with Crippen LogP contribution in [0.4, 0.5) is 0 Å². The molecule has 0 unspecified atom stereocenters. The maximum absolute atomic E-state index is 8.00. The fraction of sp³-hybridized carbons (Fsp3) is 0.833. The van der Waals surface area contributed by atoms with E-state index in [1.807, 2.05) is 6.92 Å². The summed E-state index contributed by atoms with van der Waals surface area (Å²) in [6.45, 7) is 2.53. The van der Waals surface area contributed by atoms with Crippen LogP contribution in [0.25, 0.3) is 10.4 Å². The highest BCUT2D eigenvalue weighted by atomic mass is 15.1. The van der Waals surface area contributed by atoms with Crippen molar-refractivity contribution in [3.63, 3.8) is 0 Å². The van der Waals surface area contributed by atoms with Gasteiger partial charge in [0.1, 0.15) is 0 Å². The Morgan fingerprint density at radius 1 is 1.90 bits per heavy atom. The maximum atomic E-state index is 8.00. The summed E-state index contributed by atoms with van der Waals surface area (Å²) in [7, 11) is 0. The summed E-state index contributed by atoms with van der Waals surface area (Å²) in [4.78, 5) is 6.96. The van der Waals surface area contributed by atoms with Crippen molar-refractivity contribution in [2.24, 2.45) is 10.1 Å². The number of hydrogen-bond donors (Lipinski definition) is 0. The van der Waals surface area contributed by atoms with Gasteiger partial charge in [-0.15, -0.1) is 0 Å². The van der Waals surface area contributed by atoms with E-state index in [1.54, 1.807) is 0 Å². The third kappa shape index (κ3) is 1.74. The average molecular weight is 138 g/mol. The molecule has 1 aliphatic heterocycles. The second kappa shape index (κ2) is 3.22. The Morgan fingerprint density at radius 2 is 2.70 bits per heavy atom. The molecule has 4 heteroatoms. The Labute approximate surface area is 59.6 Å². The monoisotopic (exact) mass is 138 g/mol. The summed E-state index contributed by atoms with van der Waals surface area (Å²) >= 11 is 0. The Balaban J connectivity index is 2.38. The molecule has 0 radical (unpaired) electrons. The van der Waals surface area contributed by atoms with Crippen molar-refractivity contribution in [1.29, 1.82) is 0 Å². The first-order chi connectivity index (χ1) is 4.83. The molecule has 54 valence electrons. The van der Waals surface area contributed by atoms with Crippen LogP contribution in [-0.4, -0.2) is 18.3 Å². The smallest absolute Gasteiger partial charge is 0.0558 e. The lowest BCUT2D eigenvalue weighted by atomic mass is 10.2. The van der Waals surface area contributed by atoms with Gasteiger partial charge in [0, 0.05) is 17.2 Å². The van der Waals surface area contributed by atoms with E-state index in [9.17, 15) is 0 Å². The Morgan fingerprint density at radius 3 is 3.20 bits per heavy atom. The SMILES string of the molecule is CC1=N[C@H](CN=[N+]=[N-])CC1. The molecule has 0 bridgehead atoms. The zero-order valence-electron chi connectivity index (χ0n) is 5.99. The quantitative estimate of drug-likeness (QED) is 0.318. The first kappa shape index (κ1) is 7.09. The molecule has 0 N–H and O–H groups in total. The summed E-state index contributed by atoms with van der Waals surface area (Å²) in [6.07, 6.45) is 2.11. The molecule has 4 nitrogen and oxygen atoms in total. The van der Waals surface area contributed by atoms with Gasteiger partial charge in [-0.25, -0.2) is 0 Å². The molecule has 0 aromatic rings. The van der Waals surface area contributed by atoms with Gasteiger partial charge >= 0.3 is 0 Å². The van der Waals surface area contributed by atoms with Crippen molar-refractivity contribution in [1.82, 2.24) is 0 Å². The van der Waals surface area contributed by atoms with E-state index in [1.165, 1.54) is 5.71 Å². The van der Waals surface area contributed by atoms with Crippen molar-refractivity contribution in [3.8, 4) is 0 Å². The predicted molar refractivity (Wildman–Crippen MR) is 40.1 cm³/mol. The van der Waals surface area contributed by atoms with E-state index in [-0.39, 0.29) is 6.04 Å². The molecular weight excluding hydrogens is 128 g/mol. The minimum Gasteiger partial charge on any atom is -0.291 e. The fourth-order valence-corrected chi connectivity index (χ4v) is 1.08. The molecule has 0 saturated carbocycles. The largest absolute Gasteiger partial charge is 0.291 e. The highest BCUT2D eigenvalue weighted by molar-refractivity contribution is 5.83. The molecular formula is C6H10N4. The fourth-order valence-electron chi connectivity index (χ4n) is 1.08. The zero-order chi connectivity index (χ0) is 7.40. The van der Waals surface area contributed by atoms with Gasteiger partial charge in [-0.2, -0.15) is 0 Å². The van der Waals surface area contributed by atoms with E-state index in [0.717, 1.165) is 12.8 Å². The van der Waals surface area contributed by atoms with Gasteiger partial charge in [-0.05, 0) is 25.3 Å². The van der Waals surface area contributed by atoms with Crippen molar-refractivity contribution in [2.45, 2.75) is 25.8 Å². The standard InChI is InChI=1S/C6H10N4/c1-5-2-3-6(9-5)4-8-10-7/h6H,2-4H2,1H3/t6-/m0/s1. The van der Waals surface area contributed by atoms with Crippen molar-refractivity contribution < 1.29 is 0 Å². The third-order valence-electron chi connectivity index (χ3n) is 1.60. The second-order valence-corrected chi connectivity index (χ2v) is 2.47. The number of rotatable bonds is 2. The molecule has 0 aromatic heterocycles. The molecule has 0 saturated heterocycles. The Hall–Kier alpha value is -1.02. The molecule has 0 aliphatic carbocycles. The summed E-state index contributed by atoms with van der Waals surface area (Å²) in [5.41, 5.74) is 9.18. The topological polar surface area (TPSA) is 61.1 Å². The van der Waals surface area contributed by atoms with Crippen LogP contribution in [-0.2, 0) is 0 Å². The van der Waals surface area contributed by atoms with Crippen LogP contribution in [0.2, 0.25) is 0 Å². The zero-order valence-corrected chi connectivity index (χ0v) is 5.99. The number of aliphatic imine (C=N–C) groups is 1. The number of hydrogen-bond acceptors (Lipinski definition) is 2. The van der Waals surface area contributed by atoms with Crippen LogP contribution < -0.4 is 0 Å². The Kier molecular flexibility index (Phi) is 2.29. The lowest BCUT2D eigenvalue weighted by Gasteiger charge is -1.97. The highest BCUT2D eigenvalue weighted by Gasteiger charge is 2.12. The molecule has 1 heterocycles. The van der Waals surface area contributed by atoms with E-state index in [2.05, 4.69) is 15.0 Å². The van der Waals surface area contributed by atoms with Gasteiger partial charge in [0.2, 0.25) is 0 Å². The summed E-state index contributed by atoms with van der Waals surface area (Å²) in [5, 5.41) is 3.46. The molecule has 10 heavy (non-hydrogen) atoms. The van der Waals surface area contributed by atoms with Crippen molar-refractivity contribution in [3.05, 3.63) is 10.4 Å². The van der Waals surface area contributed by atoms with Crippen molar-refractivity contribution in [2.75, 3.05) is 6.54 Å². The Bertz CT molecular complexity index is 190. The van der Waals surface area contributed by atoms with E-state index in [0.29, 0.717) is 6.54 Å². The van der Waals surface area contributed by atoms with Crippen LogP contribution in [0, 0.1) is 0 Å². The third-order valence-corrected chi connectivity index (χ3v) is 1.60. The molecule has 0 amide bonds. The molecule has 1 rings (SSSR count). The minimum atomic E-state index is 0.260. The second-order valence-electron chi connectivity index (χ2n) is 2.47. The summed E-state index contributed by atoms with van der Waals surface area (Å²) in [5.74, 6) is 0. The van der Waals surface area contributed by atoms with Crippen LogP contribution in [0.15, 0.2) is 10.1 Å². The van der Waals surface area contributed by atoms with Gasteiger partial charge in [-0.3, -0.25) is 4.99 Å². The first-order valence-corrected chi connectivity index (χ1v) is 3.37. The van der Waals surface area contributed by atoms with Gasteiger partial charge in [0.15, 0.2) is 0 Å². The lowest BCUT2D eigenvalue weighted by molar-refractivity contribution is 0.679. The number of azide groups is 1. The van der Waals surface area contributed by atoms with Gasteiger partial charge in [0.05, 0.1) is 6.04 Å².